The van der Waals surface area contributed by atoms with Crippen molar-refractivity contribution in [3.05, 3.63) is 59.7 Å². The normalized spacial score (nSPS) is 9.95. The maximum absolute atomic E-state index is 12.2. The Balaban J connectivity index is 2.17. The van der Waals surface area contributed by atoms with Gasteiger partial charge >= 0.3 is 5.97 Å². The van der Waals surface area contributed by atoms with E-state index in [0.29, 0.717) is 22.6 Å². The minimum atomic E-state index is -0.914. The average molecular weight is 285 g/mol. The topological polar surface area (TPSA) is 75.6 Å². The fourth-order valence-corrected chi connectivity index (χ4v) is 1.96. The van der Waals surface area contributed by atoms with E-state index in [9.17, 15) is 9.59 Å². The maximum Gasteiger partial charge on any atom is 0.307 e. The number of benzene rings is 2. The van der Waals surface area contributed by atoms with E-state index in [1.807, 2.05) is 0 Å². The molecule has 0 aromatic heterocycles. The van der Waals surface area contributed by atoms with Crippen LogP contribution in [-0.2, 0) is 11.2 Å². The minimum absolute atomic E-state index is 0.0850. The molecule has 5 nitrogen and oxygen atoms in total. The Morgan fingerprint density at radius 1 is 1.14 bits per heavy atom. The summed E-state index contributed by atoms with van der Waals surface area (Å²) in [5, 5.41) is 11.5. The molecule has 0 unspecified atom stereocenters. The maximum atomic E-state index is 12.2. The second kappa shape index (κ2) is 6.56. The zero-order valence-electron chi connectivity index (χ0n) is 11.5. The highest BCUT2D eigenvalue weighted by Crippen LogP contribution is 2.19. The zero-order chi connectivity index (χ0) is 15.2. The lowest BCUT2D eigenvalue weighted by Gasteiger charge is -2.09. The van der Waals surface area contributed by atoms with Crippen LogP contribution in [0.1, 0.15) is 15.9 Å². The van der Waals surface area contributed by atoms with Crippen LogP contribution in [0.4, 0.5) is 5.69 Å². The molecule has 2 aromatic rings. The number of carbonyl (C=O) groups is 2. The number of nitrogens with one attached hydrogen (secondary N) is 1. The third kappa shape index (κ3) is 3.82. The van der Waals surface area contributed by atoms with Gasteiger partial charge in [-0.25, -0.2) is 0 Å². The van der Waals surface area contributed by atoms with Crippen LogP contribution < -0.4 is 10.1 Å². The van der Waals surface area contributed by atoms with Crippen LogP contribution in [0.3, 0.4) is 0 Å². The number of aliphatic carboxylic acids is 1. The summed E-state index contributed by atoms with van der Waals surface area (Å²) in [6.07, 6.45) is -0.0850. The molecule has 108 valence electrons. The van der Waals surface area contributed by atoms with Gasteiger partial charge in [-0.1, -0.05) is 24.3 Å². The van der Waals surface area contributed by atoms with Crippen molar-refractivity contribution in [3.63, 3.8) is 0 Å². The Labute approximate surface area is 122 Å². The molecule has 0 radical (unpaired) electrons. The Kier molecular flexibility index (Phi) is 4.56. The lowest BCUT2D eigenvalue weighted by atomic mass is 10.1. The van der Waals surface area contributed by atoms with Crippen LogP contribution in [-0.4, -0.2) is 24.1 Å². The summed E-state index contributed by atoms with van der Waals surface area (Å²) in [4.78, 5) is 22.9. The third-order valence-electron chi connectivity index (χ3n) is 2.89. The van der Waals surface area contributed by atoms with Gasteiger partial charge in [-0.15, -0.1) is 0 Å². The SMILES string of the molecule is COc1ccccc1C(=O)Nc1cccc(CC(=O)O)c1. The molecule has 21 heavy (non-hydrogen) atoms. The van der Waals surface area contributed by atoms with Crippen LogP contribution >= 0.6 is 0 Å². The van der Waals surface area contributed by atoms with E-state index in [0.717, 1.165) is 0 Å². The third-order valence-corrected chi connectivity index (χ3v) is 2.89. The van der Waals surface area contributed by atoms with Gasteiger partial charge in [0.1, 0.15) is 5.75 Å². The van der Waals surface area contributed by atoms with Gasteiger partial charge in [0.25, 0.3) is 5.91 Å². The highest BCUT2D eigenvalue weighted by atomic mass is 16.5. The van der Waals surface area contributed by atoms with Crippen LogP contribution in [0, 0.1) is 0 Å². The van der Waals surface area contributed by atoms with Crippen LogP contribution in [0.25, 0.3) is 0 Å². The summed E-state index contributed by atoms with van der Waals surface area (Å²) < 4.78 is 5.14. The number of carboxylic acids is 1. The number of ether oxygens (including phenoxy) is 1. The van der Waals surface area contributed by atoms with Gasteiger partial charge in [-0.2, -0.15) is 0 Å². The van der Waals surface area contributed by atoms with Crippen LogP contribution in [0.2, 0.25) is 0 Å². The van der Waals surface area contributed by atoms with Gasteiger partial charge in [0.2, 0.25) is 0 Å². The van der Waals surface area contributed by atoms with Crippen molar-refractivity contribution in [3.8, 4) is 5.75 Å². The summed E-state index contributed by atoms with van der Waals surface area (Å²) in [6.45, 7) is 0. The van der Waals surface area contributed by atoms with E-state index in [-0.39, 0.29) is 12.3 Å². The van der Waals surface area contributed by atoms with Gasteiger partial charge in [-0.3, -0.25) is 9.59 Å². The second-order valence-electron chi connectivity index (χ2n) is 4.43. The first-order valence-electron chi connectivity index (χ1n) is 6.35. The molecule has 2 N–H and O–H groups in total. The summed E-state index contributed by atoms with van der Waals surface area (Å²) in [5.41, 5.74) is 1.59. The van der Waals surface area contributed by atoms with E-state index in [4.69, 9.17) is 9.84 Å². The van der Waals surface area contributed by atoms with Crippen molar-refractivity contribution in [1.82, 2.24) is 0 Å². The molecular formula is C16H15NO4. The Morgan fingerprint density at radius 3 is 2.62 bits per heavy atom. The number of carbonyl (C=O) groups excluding carboxylic acids is 1. The fraction of sp³-hybridized carbons (Fsp3) is 0.125. The van der Waals surface area contributed by atoms with E-state index in [1.165, 1.54) is 7.11 Å². The predicted octanol–water partition coefficient (Wildman–Crippen LogP) is 2.57. The number of anilines is 1. The van der Waals surface area contributed by atoms with Gasteiger partial charge < -0.3 is 15.2 Å². The average Bonchev–Trinajstić information content (AvgIpc) is 2.46. The van der Waals surface area contributed by atoms with Crippen molar-refractivity contribution in [2.24, 2.45) is 0 Å². The number of para-hydroxylation sites is 1. The van der Waals surface area contributed by atoms with Crippen molar-refractivity contribution < 1.29 is 19.4 Å². The molecule has 0 atom stereocenters. The number of methoxy groups -OCH3 is 1. The highest BCUT2D eigenvalue weighted by Gasteiger charge is 2.12. The van der Waals surface area contributed by atoms with Crippen molar-refractivity contribution >= 4 is 17.6 Å². The molecule has 0 heterocycles. The number of amides is 1. The molecule has 0 aliphatic carbocycles. The molecule has 2 aromatic carbocycles. The van der Waals surface area contributed by atoms with Crippen molar-refractivity contribution in [2.45, 2.75) is 6.42 Å². The molecule has 0 saturated heterocycles. The lowest BCUT2D eigenvalue weighted by Crippen LogP contribution is -2.13. The summed E-state index contributed by atoms with van der Waals surface area (Å²) in [7, 11) is 1.50. The first-order chi connectivity index (χ1) is 10.1. The first kappa shape index (κ1) is 14.6. The lowest BCUT2D eigenvalue weighted by molar-refractivity contribution is -0.136. The van der Waals surface area contributed by atoms with Crippen molar-refractivity contribution in [1.29, 1.82) is 0 Å². The second-order valence-corrected chi connectivity index (χ2v) is 4.43. The zero-order valence-corrected chi connectivity index (χ0v) is 11.5. The summed E-state index contributed by atoms with van der Waals surface area (Å²) >= 11 is 0. The molecule has 1 amide bonds. The molecular weight excluding hydrogens is 270 g/mol. The number of hydrogen-bond acceptors (Lipinski definition) is 3. The van der Waals surface area contributed by atoms with Gasteiger partial charge in [0, 0.05) is 5.69 Å². The molecule has 0 aliphatic heterocycles. The van der Waals surface area contributed by atoms with Gasteiger partial charge in [-0.05, 0) is 29.8 Å². The van der Waals surface area contributed by atoms with E-state index in [1.54, 1.807) is 48.5 Å². The minimum Gasteiger partial charge on any atom is -0.496 e. The standard InChI is InChI=1S/C16H15NO4/c1-21-14-8-3-2-7-13(14)16(20)17-12-6-4-5-11(9-12)10-15(18)19/h2-9H,10H2,1H3,(H,17,20)(H,18,19). The Hall–Kier alpha value is -2.82. The number of rotatable bonds is 5. The van der Waals surface area contributed by atoms with Crippen molar-refractivity contribution in [2.75, 3.05) is 12.4 Å². The van der Waals surface area contributed by atoms with E-state index >= 15 is 0 Å². The number of hydrogen-bond donors (Lipinski definition) is 2. The molecule has 0 spiro atoms. The molecule has 5 heteroatoms. The highest BCUT2D eigenvalue weighted by molar-refractivity contribution is 6.06. The largest absolute Gasteiger partial charge is 0.496 e. The molecule has 0 bridgehead atoms. The Morgan fingerprint density at radius 2 is 1.90 bits per heavy atom. The molecule has 0 saturated carbocycles. The van der Waals surface area contributed by atoms with Crippen LogP contribution in [0.15, 0.2) is 48.5 Å². The van der Waals surface area contributed by atoms with Gasteiger partial charge in [0.15, 0.2) is 0 Å². The van der Waals surface area contributed by atoms with E-state index < -0.39 is 5.97 Å². The monoisotopic (exact) mass is 285 g/mol. The predicted molar refractivity (Wildman–Crippen MR) is 78.7 cm³/mol. The Bertz CT molecular complexity index is 667. The number of carboxylic acid groups (broad SMARTS) is 1. The van der Waals surface area contributed by atoms with E-state index in [2.05, 4.69) is 5.32 Å². The molecule has 0 aliphatic rings. The smallest absolute Gasteiger partial charge is 0.307 e. The molecule has 0 fully saturated rings. The first-order valence-corrected chi connectivity index (χ1v) is 6.35. The van der Waals surface area contributed by atoms with Crippen LogP contribution in [0.5, 0.6) is 5.75 Å². The van der Waals surface area contributed by atoms with Gasteiger partial charge in [0.05, 0.1) is 19.1 Å². The fourth-order valence-electron chi connectivity index (χ4n) is 1.96. The summed E-state index contributed by atoms with van der Waals surface area (Å²) in [5.74, 6) is -0.736. The summed E-state index contributed by atoms with van der Waals surface area (Å²) in [6, 6.07) is 13.6. The molecule has 2 rings (SSSR count). The quantitative estimate of drug-likeness (QED) is 0.885.